The van der Waals surface area contributed by atoms with Crippen LogP contribution in [0.1, 0.15) is 23.1 Å². The standard InChI is InChI=1S/C18H26N4OS.HI/c1-14(22-9-6-17-15(13-22)7-11-24-17)12-21-18(19-2)20-8-5-16-4-3-10-23-16;/h3-4,7,10-11,14H,5-6,8-9,12-13H2,1-2H3,(H2,19,20,21);1H. The van der Waals surface area contributed by atoms with Crippen molar-refractivity contribution in [3.05, 3.63) is 46.0 Å². The zero-order chi connectivity index (χ0) is 16.8. The summed E-state index contributed by atoms with van der Waals surface area (Å²) in [7, 11) is 1.81. The van der Waals surface area contributed by atoms with E-state index in [1.807, 2.05) is 30.5 Å². The van der Waals surface area contributed by atoms with Crippen LogP contribution in [0.15, 0.2) is 39.3 Å². The normalized spacial score (nSPS) is 16.0. The van der Waals surface area contributed by atoms with Crippen molar-refractivity contribution in [3.8, 4) is 0 Å². The minimum atomic E-state index is 0. The van der Waals surface area contributed by atoms with Gasteiger partial charge < -0.3 is 15.1 Å². The van der Waals surface area contributed by atoms with Gasteiger partial charge in [-0.15, -0.1) is 35.3 Å². The number of nitrogens with one attached hydrogen (secondary N) is 2. The zero-order valence-corrected chi connectivity index (χ0v) is 18.0. The molecule has 0 aromatic carbocycles. The number of thiophene rings is 1. The summed E-state index contributed by atoms with van der Waals surface area (Å²) in [6, 6.07) is 6.65. The van der Waals surface area contributed by atoms with Crippen molar-refractivity contribution in [1.29, 1.82) is 0 Å². The summed E-state index contributed by atoms with van der Waals surface area (Å²) in [6.07, 6.45) is 3.74. The fraction of sp³-hybridized carbons (Fsp3) is 0.500. The van der Waals surface area contributed by atoms with Gasteiger partial charge in [0.2, 0.25) is 0 Å². The first-order valence-corrected chi connectivity index (χ1v) is 9.40. The number of rotatable bonds is 6. The van der Waals surface area contributed by atoms with Crippen molar-refractivity contribution in [2.75, 3.05) is 26.7 Å². The molecule has 0 amide bonds. The molecule has 138 valence electrons. The van der Waals surface area contributed by atoms with Crippen LogP contribution in [0.2, 0.25) is 0 Å². The second kappa shape index (κ2) is 10.2. The molecule has 1 aliphatic rings. The molecule has 0 fully saturated rings. The van der Waals surface area contributed by atoms with Gasteiger partial charge in [-0.25, -0.2) is 0 Å². The number of furan rings is 1. The fourth-order valence-corrected chi connectivity index (χ4v) is 3.89. The summed E-state index contributed by atoms with van der Waals surface area (Å²) in [5.41, 5.74) is 1.50. The summed E-state index contributed by atoms with van der Waals surface area (Å²) < 4.78 is 5.34. The Morgan fingerprint density at radius 3 is 3.04 bits per heavy atom. The van der Waals surface area contributed by atoms with Gasteiger partial charge >= 0.3 is 0 Å². The molecule has 2 N–H and O–H groups in total. The number of aliphatic imine (C=N–C) groups is 1. The summed E-state index contributed by atoms with van der Waals surface area (Å²) in [4.78, 5) is 8.40. The van der Waals surface area contributed by atoms with Crippen molar-refractivity contribution in [3.63, 3.8) is 0 Å². The molecule has 0 aliphatic carbocycles. The van der Waals surface area contributed by atoms with Crippen LogP contribution in [0, 0.1) is 0 Å². The average Bonchev–Trinajstić information content (AvgIpc) is 3.28. The molecule has 3 rings (SSSR count). The lowest BCUT2D eigenvalue weighted by Gasteiger charge is -2.32. The average molecular weight is 474 g/mol. The lowest BCUT2D eigenvalue weighted by atomic mass is 10.1. The van der Waals surface area contributed by atoms with Crippen LogP contribution >= 0.6 is 35.3 Å². The molecule has 0 saturated heterocycles. The number of hydrogen-bond donors (Lipinski definition) is 2. The van der Waals surface area contributed by atoms with Gasteiger partial charge in [-0.05, 0) is 42.5 Å². The smallest absolute Gasteiger partial charge is 0.191 e. The van der Waals surface area contributed by atoms with E-state index in [4.69, 9.17) is 4.42 Å². The third kappa shape index (κ3) is 5.72. The Labute approximate surface area is 170 Å². The van der Waals surface area contributed by atoms with Crippen molar-refractivity contribution in [2.24, 2.45) is 4.99 Å². The molecular formula is C18H27IN4OS. The highest BCUT2D eigenvalue weighted by atomic mass is 127. The maximum atomic E-state index is 5.34. The summed E-state index contributed by atoms with van der Waals surface area (Å²) >= 11 is 1.89. The number of guanidine groups is 1. The molecule has 0 radical (unpaired) electrons. The second-order valence-electron chi connectivity index (χ2n) is 6.15. The fourth-order valence-electron chi connectivity index (χ4n) is 3.00. The van der Waals surface area contributed by atoms with E-state index in [-0.39, 0.29) is 24.0 Å². The lowest BCUT2D eigenvalue weighted by Crippen LogP contribution is -2.47. The minimum Gasteiger partial charge on any atom is -0.469 e. The highest BCUT2D eigenvalue weighted by Gasteiger charge is 2.21. The Hall–Kier alpha value is -1.06. The number of hydrogen-bond acceptors (Lipinski definition) is 4. The molecule has 2 aromatic rings. The Balaban J connectivity index is 0.00000225. The van der Waals surface area contributed by atoms with Crippen LogP contribution in [-0.4, -0.2) is 43.6 Å². The first-order valence-electron chi connectivity index (χ1n) is 8.52. The van der Waals surface area contributed by atoms with Crippen molar-refractivity contribution >= 4 is 41.3 Å². The molecule has 25 heavy (non-hydrogen) atoms. The van der Waals surface area contributed by atoms with Gasteiger partial charge in [0.1, 0.15) is 5.76 Å². The minimum absolute atomic E-state index is 0. The molecule has 0 bridgehead atoms. The highest BCUT2D eigenvalue weighted by Crippen LogP contribution is 2.24. The van der Waals surface area contributed by atoms with Gasteiger partial charge in [0.25, 0.3) is 0 Å². The van der Waals surface area contributed by atoms with E-state index in [1.54, 1.807) is 11.1 Å². The Morgan fingerprint density at radius 2 is 2.28 bits per heavy atom. The predicted molar refractivity (Wildman–Crippen MR) is 115 cm³/mol. The topological polar surface area (TPSA) is 52.8 Å². The van der Waals surface area contributed by atoms with E-state index in [2.05, 4.69) is 38.9 Å². The van der Waals surface area contributed by atoms with Gasteiger partial charge in [0, 0.05) is 50.6 Å². The van der Waals surface area contributed by atoms with E-state index in [0.29, 0.717) is 6.04 Å². The maximum absolute atomic E-state index is 5.34. The van der Waals surface area contributed by atoms with Crippen LogP contribution in [0.4, 0.5) is 0 Å². The molecule has 5 nitrogen and oxygen atoms in total. The number of halogens is 1. The third-order valence-electron chi connectivity index (χ3n) is 4.49. The van der Waals surface area contributed by atoms with E-state index in [1.165, 1.54) is 12.0 Å². The van der Waals surface area contributed by atoms with Crippen molar-refractivity contribution in [1.82, 2.24) is 15.5 Å². The first-order chi connectivity index (χ1) is 11.8. The molecule has 2 aromatic heterocycles. The molecule has 7 heteroatoms. The van der Waals surface area contributed by atoms with Crippen LogP contribution in [0.5, 0.6) is 0 Å². The molecule has 1 atom stereocenters. The molecular weight excluding hydrogens is 447 g/mol. The third-order valence-corrected chi connectivity index (χ3v) is 5.52. The Bertz CT molecular complexity index is 656. The van der Waals surface area contributed by atoms with E-state index < -0.39 is 0 Å². The molecule has 1 aliphatic heterocycles. The maximum Gasteiger partial charge on any atom is 0.191 e. The molecule has 3 heterocycles. The Morgan fingerprint density at radius 1 is 1.40 bits per heavy atom. The predicted octanol–water partition coefficient (Wildman–Crippen LogP) is 3.11. The van der Waals surface area contributed by atoms with Gasteiger partial charge in [-0.3, -0.25) is 9.89 Å². The quantitative estimate of drug-likeness (QED) is 0.384. The molecule has 0 saturated carbocycles. The number of fused-ring (bicyclic) bond motifs is 1. The van der Waals surface area contributed by atoms with Gasteiger partial charge in [-0.1, -0.05) is 0 Å². The van der Waals surface area contributed by atoms with Crippen molar-refractivity contribution < 1.29 is 4.42 Å². The van der Waals surface area contributed by atoms with Crippen LogP contribution in [-0.2, 0) is 19.4 Å². The largest absolute Gasteiger partial charge is 0.469 e. The van der Waals surface area contributed by atoms with Gasteiger partial charge in [0.15, 0.2) is 5.96 Å². The lowest BCUT2D eigenvalue weighted by molar-refractivity contribution is 0.192. The highest BCUT2D eigenvalue weighted by molar-refractivity contribution is 14.0. The molecule has 0 spiro atoms. The monoisotopic (exact) mass is 474 g/mol. The van der Waals surface area contributed by atoms with Crippen LogP contribution in [0.25, 0.3) is 0 Å². The summed E-state index contributed by atoms with van der Waals surface area (Å²) in [5, 5.41) is 8.98. The Kier molecular flexibility index (Phi) is 8.25. The summed E-state index contributed by atoms with van der Waals surface area (Å²) in [6.45, 7) is 6.18. The van der Waals surface area contributed by atoms with Gasteiger partial charge in [0.05, 0.1) is 6.26 Å². The summed E-state index contributed by atoms with van der Waals surface area (Å²) in [5.74, 6) is 1.84. The van der Waals surface area contributed by atoms with E-state index in [0.717, 1.165) is 44.3 Å². The van der Waals surface area contributed by atoms with E-state index >= 15 is 0 Å². The SMILES string of the molecule is CN=C(NCCc1ccco1)NCC(C)N1CCc2sccc2C1.I. The first kappa shape index (κ1) is 20.3. The van der Waals surface area contributed by atoms with E-state index in [9.17, 15) is 0 Å². The molecule has 1 unspecified atom stereocenters. The zero-order valence-electron chi connectivity index (χ0n) is 14.8. The van der Waals surface area contributed by atoms with Crippen LogP contribution in [0.3, 0.4) is 0 Å². The second-order valence-corrected chi connectivity index (χ2v) is 7.15. The van der Waals surface area contributed by atoms with Crippen molar-refractivity contribution in [2.45, 2.75) is 32.4 Å². The van der Waals surface area contributed by atoms with Gasteiger partial charge in [-0.2, -0.15) is 0 Å². The van der Waals surface area contributed by atoms with Crippen LogP contribution < -0.4 is 10.6 Å². The number of nitrogens with zero attached hydrogens (tertiary/aromatic N) is 2.